The van der Waals surface area contributed by atoms with Gasteiger partial charge in [0.05, 0.1) is 12.5 Å². The Labute approximate surface area is 171 Å². The lowest BCUT2D eigenvalue weighted by atomic mass is 9.71. The average molecular weight is 393 g/mol. The van der Waals surface area contributed by atoms with Crippen molar-refractivity contribution in [1.82, 2.24) is 9.80 Å². The van der Waals surface area contributed by atoms with Crippen LogP contribution in [0.25, 0.3) is 0 Å². The van der Waals surface area contributed by atoms with Crippen molar-refractivity contribution >= 4 is 17.6 Å². The minimum Gasteiger partial charge on any atom is -0.497 e. The van der Waals surface area contributed by atoms with Crippen molar-refractivity contribution in [3.63, 3.8) is 0 Å². The molecule has 0 atom stereocenters. The molecule has 0 aliphatic carbocycles. The van der Waals surface area contributed by atoms with Gasteiger partial charge in [-0.2, -0.15) is 0 Å². The number of piperidine rings is 1. The number of ether oxygens (including phenoxy) is 1. The maximum atomic E-state index is 12.9. The van der Waals surface area contributed by atoms with E-state index in [0.717, 1.165) is 42.0 Å². The van der Waals surface area contributed by atoms with E-state index in [1.54, 1.807) is 7.11 Å². The molecule has 4 rings (SSSR count). The third-order valence-corrected chi connectivity index (χ3v) is 6.04. The summed E-state index contributed by atoms with van der Waals surface area (Å²) in [5, 5.41) is 2.96. The molecule has 2 fully saturated rings. The lowest BCUT2D eigenvalue weighted by Crippen LogP contribution is -2.64. The number of rotatable bonds is 4. The zero-order chi connectivity index (χ0) is 20.4. The van der Waals surface area contributed by atoms with Gasteiger partial charge < -0.3 is 19.9 Å². The first-order valence-corrected chi connectivity index (χ1v) is 10.0. The molecule has 6 nitrogen and oxygen atoms in total. The summed E-state index contributed by atoms with van der Waals surface area (Å²) in [6.07, 6.45) is 1.46. The highest BCUT2D eigenvalue weighted by Crippen LogP contribution is 2.42. The van der Waals surface area contributed by atoms with Crippen molar-refractivity contribution in [3.05, 3.63) is 59.7 Å². The van der Waals surface area contributed by atoms with Crippen LogP contribution in [0, 0.1) is 12.3 Å². The van der Waals surface area contributed by atoms with Gasteiger partial charge in [-0.1, -0.05) is 24.3 Å². The number of hydrogen-bond acceptors (Lipinski definition) is 3. The molecule has 0 unspecified atom stereocenters. The Morgan fingerprint density at radius 1 is 1.14 bits per heavy atom. The van der Waals surface area contributed by atoms with Gasteiger partial charge in [0.2, 0.25) is 5.91 Å². The molecule has 2 aromatic carbocycles. The molecule has 3 amide bonds. The second-order valence-corrected chi connectivity index (χ2v) is 8.08. The van der Waals surface area contributed by atoms with Crippen molar-refractivity contribution in [3.8, 4) is 5.75 Å². The highest BCUT2D eigenvalue weighted by molar-refractivity contribution is 5.91. The van der Waals surface area contributed by atoms with Crippen LogP contribution < -0.4 is 10.1 Å². The van der Waals surface area contributed by atoms with Crippen LogP contribution in [-0.4, -0.2) is 48.5 Å². The second kappa shape index (κ2) is 7.78. The molecule has 2 heterocycles. The lowest BCUT2D eigenvalue weighted by molar-refractivity contribution is -0.165. The molecule has 2 aliphatic rings. The number of hydrogen-bond donors (Lipinski definition) is 1. The van der Waals surface area contributed by atoms with Gasteiger partial charge >= 0.3 is 6.03 Å². The van der Waals surface area contributed by atoms with Crippen LogP contribution in [0.15, 0.2) is 48.5 Å². The van der Waals surface area contributed by atoms with Gasteiger partial charge in [0.25, 0.3) is 0 Å². The summed E-state index contributed by atoms with van der Waals surface area (Å²) < 4.78 is 5.18. The molecule has 2 aromatic rings. The van der Waals surface area contributed by atoms with E-state index in [4.69, 9.17) is 4.74 Å². The number of anilines is 1. The quantitative estimate of drug-likeness (QED) is 0.807. The molecule has 0 radical (unpaired) electrons. The second-order valence-electron chi connectivity index (χ2n) is 8.08. The number of nitrogens with zero attached hydrogens (tertiary/aromatic N) is 2. The minimum atomic E-state index is -0.285. The summed E-state index contributed by atoms with van der Waals surface area (Å²) in [6, 6.07) is 15.5. The molecular formula is C23H27N3O3. The number of likely N-dealkylation sites (tertiary alicyclic amines) is 2. The van der Waals surface area contributed by atoms with Gasteiger partial charge in [0.15, 0.2) is 0 Å². The van der Waals surface area contributed by atoms with Crippen molar-refractivity contribution in [1.29, 1.82) is 0 Å². The summed E-state index contributed by atoms with van der Waals surface area (Å²) in [6.45, 7) is 4.62. The zero-order valence-electron chi connectivity index (χ0n) is 17.0. The largest absolute Gasteiger partial charge is 0.497 e. The SMILES string of the molecule is COc1ccc(CN2CC3(CCN(C(=O)Nc4cccc(C)c4)CC3)C2=O)cc1. The predicted molar refractivity (Wildman–Crippen MR) is 112 cm³/mol. The summed E-state index contributed by atoms with van der Waals surface area (Å²) in [5.74, 6) is 1.03. The Morgan fingerprint density at radius 3 is 2.48 bits per heavy atom. The van der Waals surface area contributed by atoms with Gasteiger partial charge in [-0.3, -0.25) is 4.79 Å². The Bertz CT molecular complexity index is 902. The Balaban J connectivity index is 1.29. The van der Waals surface area contributed by atoms with Gasteiger partial charge in [-0.05, 0) is 55.2 Å². The van der Waals surface area contributed by atoms with E-state index in [0.29, 0.717) is 19.6 Å². The highest BCUT2D eigenvalue weighted by atomic mass is 16.5. The summed E-state index contributed by atoms with van der Waals surface area (Å²) in [5.41, 5.74) is 2.73. The van der Waals surface area contributed by atoms with Crippen molar-refractivity contribution in [2.75, 3.05) is 32.1 Å². The molecule has 1 N–H and O–H groups in total. The number of aryl methyl sites for hydroxylation is 1. The van der Waals surface area contributed by atoms with Crippen molar-refractivity contribution in [2.45, 2.75) is 26.3 Å². The third-order valence-electron chi connectivity index (χ3n) is 6.04. The van der Waals surface area contributed by atoms with Crippen LogP contribution in [0.4, 0.5) is 10.5 Å². The molecule has 2 aliphatic heterocycles. The van der Waals surface area contributed by atoms with Gasteiger partial charge in [-0.15, -0.1) is 0 Å². The Hall–Kier alpha value is -3.02. The molecule has 1 spiro atoms. The fraction of sp³-hybridized carbons (Fsp3) is 0.391. The topological polar surface area (TPSA) is 61.9 Å². The Kier molecular flexibility index (Phi) is 5.18. The number of methoxy groups -OCH3 is 1. The van der Waals surface area contributed by atoms with Gasteiger partial charge in [0, 0.05) is 31.9 Å². The molecule has 6 heteroatoms. The lowest BCUT2D eigenvalue weighted by Gasteiger charge is -2.52. The normalized spacial score (nSPS) is 17.8. The number of β-lactam (4-membered cyclic amide) rings is 1. The van der Waals surface area contributed by atoms with Crippen LogP contribution in [0.5, 0.6) is 5.75 Å². The van der Waals surface area contributed by atoms with E-state index < -0.39 is 0 Å². The molecule has 152 valence electrons. The first-order valence-electron chi connectivity index (χ1n) is 10.0. The molecule has 0 saturated carbocycles. The molecule has 0 bridgehead atoms. The van der Waals surface area contributed by atoms with Crippen molar-refractivity contribution < 1.29 is 14.3 Å². The Morgan fingerprint density at radius 2 is 1.86 bits per heavy atom. The minimum absolute atomic E-state index is 0.0905. The monoisotopic (exact) mass is 393 g/mol. The smallest absolute Gasteiger partial charge is 0.321 e. The predicted octanol–water partition coefficient (Wildman–Crippen LogP) is 3.66. The van der Waals surface area contributed by atoms with E-state index in [9.17, 15) is 9.59 Å². The van der Waals surface area contributed by atoms with Crippen LogP contribution in [-0.2, 0) is 11.3 Å². The number of amides is 3. The van der Waals surface area contributed by atoms with Gasteiger partial charge in [-0.25, -0.2) is 4.79 Å². The summed E-state index contributed by atoms with van der Waals surface area (Å²) in [7, 11) is 1.64. The zero-order valence-corrected chi connectivity index (χ0v) is 17.0. The van der Waals surface area contributed by atoms with E-state index in [2.05, 4.69) is 5.32 Å². The molecular weight excluding hydrogens is 366 g/mol. The number of urea groups is 1. The first kappa shape index (κ1) is 19.3. The average Bonchev–Trinajstić information content (AvgIpc) is 2.74. The van der Waals surface area contributed by atoms with Crippen molar-refractivity contribution in [2.24, 2.45) is 5.41 Å². The molecule has 0 aromatic heterocycles. The summed E-state index contributed by atoms with van der Waals surface area (Å²) >= 11 is 0. The fourth-order valence-corrected chi connectivity index (χ4v) is 4.26. The van der Waals surface area contributed by atoms with Crippen LogP contribution in [0.3, 0.4) is 0 Å². The number of carbonyl (C=O) groups excluding carboxylic acids is 2. The maximum Gasteiger partial charge on any atom is 0.321 e. The first-order chi connectivity index (χ1) is 14.0. The van der Waals surface area contributed by atoms with Crippen LogP contribution >= 0.6 is 0 Å². The number of benzene rings is 2. The van der Waals surface area contributed by atoms with Crippen LogP contribution in [0.1, 0.15) is 24.0 Å². The standard InChI is InChI=1S/C23H27N3O3/c1-17-4-3-5-19(14-17)24-22(28)25-12-10-23(11-13-25)16-26(21(23)27)15-18-6-8-20(29-2)9-7-18/h3-9,14H,10-13,15-16H2,1-2H3,(H,24,28). The molecule has 29 heavy (non-hydrogen) atoms. The molecule has 2 saturated heterocycles. The van der Waals surface area contributed by atoms with Gasteiger partial charge in [0.1, 0.15) is 5.75 Å². The maximum absolute atomic E-state index is 12.9. The van der Waals surface area contributed by atoms with Crippen LogP contribution in [0.2, 0.25) is 0 Å². The van der Waals surface area contributed by atoms with E-state index in [1.807, 2.05) is 65.3 Å². The van der Waals surface area contributed by atoms with E-state index >= 15 is 0 Å². The third kappa shape index (κ3) is 3.92. The highest BCUT2D eigenvalue weighted by Gasteiger charge is 2.53. The number of carbonyl (C=O) groups is 2. The summed E-state index contributed by atoms with van der Waals surface area (Å²) in [4.78, 5) is 29.1. The van der Waals surface area contributed by atoms with E-state index in [1.165, 1.54) is 0 Å². The number of nitrogens with one attached hydrogen (secondary N) is 1. The van der Waals surface area contributed by atoms with E-state index in [-0.39, 0.29) is 17.4 Å². The fourth-order valence-electron chi connectivity index (χ4n) is 4.26.